The average molecular weight is 230 g/mol. The van der Waals surface area contributed by atoms with Gasteiger partial charge in [0.05, 0.1) is 12.3 Å². The fourth-order valence-corrected chi connectivity index (χ4v) is 1.93. The lowest BCUT2D eigenvalue weighted by Crippen LogP contribution is -1.95. The lowest BCUT2D eigenvalue weighted by atomic mass is 10.1. The van der Waals surface area contributed by atoms with Gasteiger partial charge in [0, 0.05) is 18.3 Å². The molecule has 0 bridgehead atoms. The zero-order valence-electron chi connectivity index (χ0n) is 10.6. The Balaban J connectivity index is 2.45. The summed E-state index contributed by atoms with van der Waals surface area (Å²) in [7, 11) is 1.98. The second-order valence-electron chi connectivity index (χ2n) is 4.24. The third-order valence-corrected chi connectivity index (χ3v) is 3.25. The van der Waals surface area contributed by atoms with Crippen molar-refractivity contribution >= 4 is 0 Å². The first-order valence-corrected chi connectivity index (χ1v) is 5.89. The number of benzene rings is 1. The van der Waals surface area contributed by atoms with Crippen molar-refractivity contribution in [1.82, 2.24) is 9.55 Å². The topological polar surface area (TPSA) is 38.1 Å². The molecule has 1 aromatic carbocycles. The van der Waals surface area contributed by atoms with Crippen molar-refractivity contribution in [3.63, 3.8) is 0 Å². The van der Waals surface area contributed by atoms with Gasteiger partial charge in [0.25, 0.3) is 0 Å². The van der Waals surface area contributed by atoms with E-state index in [-0.39, 0.29) is 6.61 Å². The molecule has 0 atom stereocenters. The van der Waals surface area contributed by atoms with Crippen molar-refractivity contribution in [1.29, 1.82) is 0 Å². The highest BCUT2D eigenvalue weighted by atomic mass is 16.3. The summed E-state index contributed by atoms with van der Waals surface area (Å²) in [5.74, 6) is 0.911. The van der Waals surface area contributed by atoms with E-state index in [1.807, 2.05) is 18.5 Å². The van der Waals surface area contributed by atoms with Crippen LogP contribution in [-0.4, -0.2) is 14.7 Å². The second-order valence-corrected chi connectivity index (χ2v) is 4.24. The lowest BCUT2D eigenvalue weighted by Gasteiger charge is -2.04. The second kappa shape index (κ2) is 4.72. The maximum Gasteiger partial charge on any atom is 0.140 e. The van der Waals surface area contributed by atoms with Gasteiger partial charge in [-0.1, -0.05) is 31.2 Å². The van der Waals surface area contributed by atoms with Crippen LogP contribution >= 0.6 is 0 Å². The van der Waals surface area contributed by atoms with Crippen molar-refractivity contribution in [3.05, 3.63) is 41.2 Å². The molecule has 2 rings (SSSR count). The molecule has 0 saturated heterocycles. The van der Waals surface area contributed by atoms with Crippen LogP contribution in [0, 0.1) is 6.92 Å². The molecule has 1 heterocycles. The molecule has 0 radical (unpaired) electrons. The summed E-state index contributed by atoms with van der Waals surface area (Å²) in [5, 5.41) is 9.21. The van der Waals surface area contributed by atoms with E-state index in [9.17, 15) is 5.11 Å². The Morgan fingerprint density at radius 2 is 1.88 bits per heavy atom. The van der Waals surface area contributed by atoms with E-state index in [4.69, 9.17) is 0 Å². The predicted molar refractivity (Wildman–Crippen MR) is 68.7 cm³/mol. The fourth-order valence-electron chi connectivity index (χ4n) is 1.93. The SMILES string of the molecule is CCc1ccc(-c2nc(CO)c(C)n2C)cc1. The molecule has 2 aromatic rings. The quantitative estimate of drug-likeness (QED) is 0.879. The first-order valence-electron chi connectivity index (χ1n) is 5.89. The summed E-state index contributed by atoms with van der Waals surface area (Å²) in [5.41, 5.74) is 4.18. The molecule has 90 valence electrons. The molecule has 0 amide bonds. The number of hydrogen-bond acceptors (Lipinski definition) is 2. The summed E-state index contributed by atoms with van der Waals surface area (Å²) in [4.78, 5) is 4.47. The first kappa shape index (κ1) is 11.9. The van der Waals surface area contributed by atoms with Crippen LogP contribution in [0.5, 0.6) is 0 Å². The van der Waals surface area contributed by atoms with Crippen molar-refractivity contribution in [2.24, 2.45) is 7.05 Å². The Labute approximate surface area is 102 Å². The van der Waals surface area contributed by atoms with Crippen molar-refractivity contribution in [2.75, 3.05) is 0 Å². The van der Waals surface area contributed by atoms with E-state index in [1.54, 1.807) is 0 Å². The van der Waals surface area contributed by atoms with Crippen LogP contribution in [0.25, 0.3) is 11.4 Å². The molecule has 0 saturated carbocycles. The van der Waals surface area contributed by atoms with Gasteiger partial charge in [-0.05, 0) is 18.9 Å². The van der Waals surface area contributed by atoms with Gasteiger partial charge in [0.2, 0.25) is 0 Å². The van der Waals surface area contributed by atoms with Crippen LogP contribution in [0.15, 0.2) is 24.3 Å². The normalized spacial score (nSPS) is 10.8. The molecule has 0 spiro atoms. The number of nitrogens with zero attached hydrogens (tertiary/aromatic N) is 2. The lowest BCUT2D eigenvalue weighted by molar-refractivity contribution is 0.276. The van der Waals surface area contributed by atoms with E-state index in [0.717, 1.165) is 29.2 Å². The average Bonchev–Trinajstić information content (AvgIpc) is 2.66. The highest BCUT2D eigenvalue weighted by molar-refractivity contribution is 5.57. The fraction of sp³-hybridized carbons (Fsp3) is 0.357. The van der Waals surface area contributed by atoms with Crippen molar-refractivity contribution in [2.45, 2.75) is 26.9 Å². The number of aryl methyl sites for hydroxylation is 1. The molecule has 1 N–H and O–H groups in total. The molecule has 17 heavy (non-hydrogen) atoms. The zero-order chi connectivity index (χ0) is 12.4. The molecule has 3 nitrogen and oxygen atoms in total. The minimum Gasteiger partial charge on any atom is -0.390 e. The Kier molecular flexibility index (Phi) is 3.29. The minimum absolute atomic E-state index is 0.00723. The molecule has 0 aliphatic heterocycles. The van der Waals surface area contributed by atoms with Gasteiger partial charge >= 0.3 is 0 Å². The van der Waals surface area contributed by atoms with Gasteiger partial charge in [0.1, 0.15) is 5.82 Å². The van der Waals surface area contributed by atoms with Crippen LogP contribution < -0.4 is 0 Å². The molecular weight excluding hydrogens is 212 g/mol. The first-order chi connectivity index (χ1) is 8.17. The van der Waals surface area contributed by atoms with Gasteiger partial charge in [-0.3, -0.25) is 0 Å². The van der Waals surface area contributed by atoms with E-state index in [0.29, 0.717) is 0 Å². The standard InChI is InChI=1S/C14H18N2O/c1-4-11-5-7-12(8-6-11)14-15-13(9-17)10(2)16(14)3/h5-8,17H,4,9H2,1-3H3. The van der Waals surface area contributed by atoms with Crippen LogP contribution in [0.2, 0.25) is 0 Å². The minimum atomic E-state index is -0.00723. The van der Waals surface area contributed by atoms with Crippen LogP contribution in [0.1, 0.15) is 23.9 Å². The van der Waals surface area contributed by atoms with Gasteiger partial charge in [-0.25, -0.2) is 4.98 Å². The predicted octanol–water partition coefficient (Wildman–Crippen LogP) is 2.45. The number of imidazole rings is 1. The maximum atomic E-state index is 9.21. The van der Waals surface area contributed by atoms with E-state index >= 15 is 0 Å². The molecule has 1 aromatic heterocycles. The zero-order valence-corrected chi connectivity index (χ0v) is 10.6. The summed E-state index contributed by atoms with van der Waals surface area (Å²) >= 11 is 0. The smallest absolute Gasteiger partial charge is 0.140 e. The third kappa shape index (κ3) is 2.11. The van der Waals surface area contributed by atoms with Gasteiger partial charge in [-0.2, -0.15) is 0 Å². The third-order valence-electron chi connectivity index (χ3n) is 3.25. The van der Waals surface area contributed by atoms with Crippen molar-refractivity contribution < 1.29 is 5.11 Å². The Bertz CT molecular complexity index is 512. The summed E-state index contributed by atoms with van der Waals surface area (Å²) in [6, 6.07) is 8.42. The number of aromatic nitrogens is 2. The Morgan fingerprint density at radius 1 is 1.24 bits per heavy atom. The number of aliphatic hydroxyl groups is 1. The summed E-state index contributed by atoms with van der Waals surface area (Å²) in [6.07, 6.45) is 1.04. The van der Waals surface area contributed by atoms with E-state index < -0.39 is 0 Å². The number of rotatable bonds is 3. The number of aliphatic hydroxyl groups excluding tert-OH is 1. The van der Waals surface area contributed by atoms with Gasteiger partial charge in [-0.15, -0.1) is 0 Å². The Hall–Kier alpha value is -1.61. The monoisotopic (exact) mass is 230 g/mol. The molecule has 0 unspecified atom stereocenters. The number of hydrogen-bond donors (Lipinski definition) is 1. The van der Waals surface area contributed by atoms with Crippen molar-refractivity contribution in [3.8, 4) is 11.4 Å². The highest BCUT2D eigenvalue weighted by Crippen LogP contribution is 2.21. The highest BCUT2D eigenvalue weighted by Gasteiger charge is 2.11. The molecule has 0 aliphatic carbocycles. The molecular formula is C14H18N2O. The van der Waals surface area contributed by atoms with Crippen LogP contribution in [0.3, 0.4) is 0 Å². The van der Waals surface area contributed by atoms with Gasteiger partial charge < -0.3 is 9.67 Å². The van der Waals surface area contributed by atoms with Crippen LogP contribution in [0.4, 0.5) is 0 Å². The summed E-state index contributed by atoms with van der Waals surface area (Å²) < 4.78 is 2.02. The van der Waals surface area contributed by atoms with Crippen LogP contribution in [-0.2, 0) is 20.1 Å². The largest absolute Gasteiger partial charge is 0.390 e. The maximum absolute atomic E-state index is 9.21. The van der Waals surface area contributed by atoms with Gasteiger partial charge in [0.15, 0.2) is 0 Å². The molecule has 0 fully saturated rings. The Morgan fingerprint density at radius 3 is 2.35 bits per heavy atom. The molecule has 3 heteroatoms. The summed E-state index contributed by atoms with van der Waals surface area (Å²) in [6.45, 7) is 4.11. The van der Waals surface area contributed by atoms with E-state index in [2.05, 4.69) is 36.2 Å². The van der Waals surface area contributed by atoms with E-state index in [1.165, 1.54) is 5.56 Å². The molecule has 0 aliphatic rings.